The van der Waals surface area contributed by atoms with Gasteiger partial charge in [-0.05, 0) is 37.3 Å². The number of benzene rings is 1. The molecule has 3 atom stereocenters. The highest BCUT2D eigenvalue weighted by Crippen LogP contribution is 2.56. The molecule has 2 aromatic heterocycles. The monoisotopic (exact) mass is 606 g/mol. The topological polar surface area (TPSA) is 84.6 Å². The normalized spacial score (nSPS) is 23.9. The van der Waals surface area contributed by atoms with Crippen LogP contribution in [-0.2, 0) is 20.0 Å². The Kier molecular flexibility index (Phi) is 6.90. The van der Waals surface area contributed by atoms with Crippen molar-refractivity contribution in [2.75, 3.05) is 18.6 Å². The SMILES string of the molecule is CN(C(=O)C1CCS(=O)(=O)CC1)[C@@H](c1ccc([C@H]2C[C@](C)(C(F)(F)F)c3c2cnc2cc(F)nn32)cc1)C(F)(F)F. The van der Waals surface area contributed by atoms with Gasteiger partial charge in [0.2, 0.25) is 11.9 Å². The van der Waals surface area contributed by atoms with Crippen molar-refractivity contribution in [3.63, 3.8) is 0 Å². The van der Waals surface area contributed by atoms with Crippen LogP contribution in [0.5, 0.6) is 0 Å². The van der Waals surface area contributed by atoms with Crippen molar-refractivity contribution in [3.05, 3.63) is 64.9 Å². The predicted octanol–water partition coefficient (Wildman–Crippen LogP) is 5.11. The van der Waals surface area contributed by atoms with Crippen molar-refractivity contribution in [2.45, 2.75) is 55.9 Å². The third-order valence-corrected chi connectivity index (χ3v) is 9.94. The Morgan fingerprint density at radius 2 is 1.71 bits per heavy atom. The summed E-state index contributed by atoms with van der Waals surface area (Å²) in [5, 5.41) is 3.56. The Bertz CT molecular complexity index is 1590. The maximum atomic E-state index is 14.4. The third-order valence-electron chi connectivity index (χ3n) is 8.22. The highest BCUT2D eigenvalue weighted by Gasteiger charge is 2.60. The van der Waals surface area contributed by atoms with E-state index >= 15 is 0 Å². The molecular formula is C26H25F7N4O3S. The van der Waals surface area contributed by atoms with E-state index in [1.807, 2.05) is 0 Å². The van der Waals surface area contributed by atoms with Crippen LogP contribution in [0.4, 0.5) is 30.7 Å². The Morgan fingerprint density at radius 3 is 2.27 bits per heavy atom. The molecule has 1 aromatic carbocycles. The summed E-state index contributed by atoms with van der Waals surface area (Å²) < 4.78 is 124. The molecule has 2 aliphatic rings. The molecule has 1 amide bonds. The van der Waals surface area contributed by atoms with Gasteiger partial charge in [-0.15, -0.1) is 5.10 Å². The maximum absolute atomic E-state index is 14.4. The Hall–Kier alpha value is -3.23. The highest BCUT2D eigenvalue weighted by molar-refractivity contribution is 7.91. The molecular weight excluding hydrogens is 581 g/mol. The minimum atomic E-state index is -4.89. The largest absolute Gasteiger partial charge is 0.413 e. The van der Waals surface area contributed by atoms with Crippen LogP contribution in [0.2, 0.25) is 0 Å². The van der Waals surface area contributed by atoms with Gasteiger partial charge in [-0.25, -0.2) is 17.9 Å². The first kappa shape index (κ1) is 29.3. The van der Waals surface area contributed by atoms with E-state index in [9.17, 15) is 43.9 Å². The zero-order valence-corrected chi connectivity index (χ0v) is 22.6. The van der Waals surface area contributed by atoms with Crippen LogP contribution in [0.25, 0.3) is 5.65 Å². The van der Waals surface area contributed by atoms with Gasteiger partial charge in [-0.3, -0.25) is 4.79 Å². The van der Waals surface area contributed by atoms with Crippen LogP contribution in [0.3, 0.4) is 0 Å². The van der Waals surface area contributed by atoms with E-state index in [-0.39, 0.29) is 52.4 Å². The Labute approximate surface area is 230 Å². The molecule has 3 aromatic rings. The number of rotatable bonds is 4. The lowest BCUT2D eigenvalue weighted by molar-refractivity contribution is -0.190. The van der Waals surface area contributed by atoms with Crippen molar-refractivity contribution < 1.29 is 43.9 Å². The lowest BCUT2D eigenvalue weighted by atomic mass is 9.83. The minimum absolute atomic E-state index is 0.0739. The average molecular weight is 607 g/mol. The van der Waals surface area contributed by atoms with Gasteiger partial charge in [0.15, 0.2) is 11.7 Å². The number of carbonyl (C=O) groups excluding carboxylic acids is 1. The summed E-state index contributed by atoms with van der Waals surface area (Å²) in [4.78, 5) is 17.5. The van der Waals surface area contributed by atoms with Gasteiger partial charge in [0.25, 0.3) is 0 Å². The summed E-state index contributed by atoms with van der Waals surface area (Å²) in [5.74, 6) is -4.21. The molecule has 0 radical (unpaired) electrons. The second-order valence-electron chi connectivity index (χ2n) is 10.9. The molecule has 15 heteroatoms. The second-order valence-corrected chi connectivity index (χ2v) is 13.2. The molecule has 1 aliphatic carbocycles. The zero-order valence-electron chi connectivity index (χ0n) is 21.8. The molecule has 5 rings (SSSR count). The molecule has 0 unspecified atom stereocenters. The zero-order chi connectivity index (χ0) is 30.1. The molecule has 41 heavy (non-hydrogen) atoms. The van der Waals surface area contributed by atoms with Gasteiger partial charge in [0.1, 0.15) is 15.3 Å². The number of sulfone groups is 1. The first-order valence-electron chi connectivity index (χ1n) is 12.7. The number of nitrogens with zero attached hydrogens (tertiary/aromatic N) is 4. The Balaban J connectivity index is 1.48. The molecule has 7 nitrogen and oxygen atoms in total. The van der Waals surface area contributed by atoms with E-state index in [1.54, 1.807) is 0 Å². The number of fused-ring (bicyclic) bond motifs is 3. The molecule has 0 N–H and O–H groups in total. The molecule has 0 spiro atoms. The predicted molar refractivity (Wildman–Crippen MR) is 132 cm³/mol. The average Bonchev–Trinajstić information content (AvgIpc) is 3.40. The van der Waals surface area contributed by atoms with Gasteiger partial charge in [-0.1, -0.05) is 24.3 Å². The van der Waals surface area contributed by atoms with Gasteiger partial charge in [-0.2, -0.15) is 30.7 Å². The number of hydrogen-bond donors (Lipinski definition) is 0. The summed E-state index contributed by atoms with van der Waals surface area (Å²) in [5.41, 5.74) is -2.74. The number of carbonyl (C=O) groups is 1. The molecule has 222 valence electrons. The summed E-state index contributed by atoms with van der Waals surface area (Å²) in [6.07, 6.45) is -9.09. The lowest BCUT2D eigenvalue weighted by Gasteiger charge is -2.34. The van der Waals surface area contributed by atoms with Crippen LogP contribution in [0.1, 0.15) is 60.5 Å². The maximum Gasteiger partial charge on any atom is 0.413 e. The fourth-order valence-corrected chi connectivity index (χ4v) is 7.47. The number of hydrogen-bond acceptors (Lipinski definition) is 5. The first-order valence-corrected chi connectivity index (χ1v) is 14.5. The van der Waals surface area contributed by atoms with Gasteiger partial charge < -0.3 is 4.90 Å². The summed E-state index contributed by atoms with van der Waals surface area (Å²) in [6, 6.07) is 3.34. The van der Waals surface area contributed by atoms with E-state index in [0.717, 1.165) is 36.7 Å². The smallest absolute Gasteiger partial charge is 0.330 e. The fraction of sp³-hybridized carbons (Fsp3) is 0.500. The summed E-state index contributed by atoms with van der Waals surface area (Å²) in [6.45, 7) is 0.968. The van der Waals surface area contributed by atoms with E-state index in [2.05, 4.69) is 10.1 Å². The van der Waals surface area contributed by atoms with Crippen LogP contribution < -0.4 is 0 Å². The first-order chi connectivity index (χ1) is 18.9. The van der Waals surface area contributed by atoms with E-state index in [1.165, 1.54) is 18.3 Å². The Morgan fingerprint density at radius 1 is 1.10 bits per heavy atom. The molecule has 0 bridgehead atoms. The standard InChI is InChI=1S/C26H25F7N4O3S/c1-24(26(31,32)33)12-17(18-13-34-20-11-19(27)35-37(20)22(18)24)14-3-5-15(6-4-14)21(25(28,29)30)36(2)23(38)16-7-9-41(39,40)10-8-16/h3-6,11,13,16-17,21H,7-10,12H2,1-2H3/t17-,21+,24+/m1/s1. The van der Waals surface area contributed by atoms with E-state index in [0.29, 0.717) is 4.90 Å². The molecule has 0 saturated carbocycles. The van der Waals surface area contributed by atoms with Crippen LogP contribution >= 0.6 is 0 Å². The summed E-state index contributed by atoms with van der Waals surface area (Å²) >= 11 is 0. The van der Waals surface area contributed by atoms with Crippen molar-refractivity contribution >= 4 is 21.4 Å². The number of halogens is 7. The van der Waals surface area contributed by atoms with Gasteiger partial charge in [0, 0.05) is 36.7 Å². The van der Waals surface area contributed by atoms with E-state index < -0.39 is 63.8 Å². The molecule has 1 fully saturated rings. The third kappa shape index (κ3) is 5.06. The fourth-order valence-electron chi connectivity index (χ4n) is 5.98. The van der Waals surface area contributed by atoms with Crippen LogP contribution in [0.15, 0.2) is 36.5 Å². The molecule has 1 aliphatic heterocycles. The number of alkyl halides is 6. The second kappa shape index (κ2) is 9.66. The van der Waals surface area contributed by atoms with Gasteiger partial charge in [0.05, 0.1) is 17.2 Å². The minimum Gasteiger partial charge on any atom is -0.330 e. The molecule has 1 saturated heterocycles. The van der Waals surface area contributed by atoms with Crippen LogP contribution in [0, 0.1) is 11.9 Å². The quantitative estimate of drug-likeness (QED) is 0.386. The van der Waals surface area contributed by atoms with Crippen molar-refractivity contribution in [1.29, 1.82) is 0 Å². The lowest BCUT2D eigenvalue weighted by Crippen LogP contribution is -2.44. The van der Waals surface area contributed by atoms with Crippen molar-refractivity contribution in [1.82, 2.24) is 19.5 Å². The number of aromatic nitrogens is 3. The summed E-state index contributed by atoms with van der Waals surface area (Å²) in [7, 11) is -2.33. The van der Waals surface area contributed by atoms with Crippen molar-refractivity contribution in [3.8, 4) is 0 Å². The number of amides is 1. The highest BCUT2D eigenvalue weighted by atomic mass is 32.2. The van der Waals surface area contributed by atoms with E-state index in [4.69, 9.17) is 0 Å². The molecule has 3 heterocycles. The van der Waals surface area contributed by atoms with Crippen LogP contribution in [-0.4, -0.2) is 64.7 Å². The van der Waals surface area contributed by atoms with Crippen molar-refractivity contribution in [2.24, 2.45) is 5.92 Å². The van der Waals surface area contributed by atoms with Gasteiger partial charge >= 0.3 is 12.4 Å².